The lowest BCUT2D eigenvalue weighted by molar-refractivity contribution is -0.0498. The van der Waals surface area contributed by atoms with Gasteiger partial charge in [0, 0.05) is 26.3 Å². The number of hydrogen-bond acceptors (Lipinski definition) is 4. The summed E-state index contributed by atoms with van der Waals surface area (Å²) in [4.78, 5) is 14.1. The summed E-state index contributed by atoms with van der Waals surface area (Å²) in [7, 11) is 1.69. The second kappa shape index (κ2) is 8.27. The van der Waals surface area contributed by atoms with Crippen LogP contribution in [0.5, 0.6) is 5.75 Å². The molecule has 1 saturated heterocycles. The molecule has 1 aliphatic heterocycles. The largest absolute Gasteiger partial charge is 0.435 e. The van der Waals surface area contributed by atoms with Gasteiger partial charge in [-0.15, -0.1) is 0 Å². The van der Waals surface area contributed by atoms with Crippen molar-refractivity contribution in [2.45, 2.75) is 32.0 Å². The zero-order valence-corrected chi connectivity index (χ0v) is 14.6. The van der Waals surface area contributed by atoms with Gasteiger partial charge in [0.05, 0.1) is 6.04 Å². The molecule has 1 aromatic carbocycles. The highest BCUT2D eigenvalue weighted by molar-refractivity contribution is 5.91. The van der Waals surface area contributed by atoms with E-state index in [0.29, 0.717) is 12.2 Å². The van der Waals surface area contributed by atoms with E-state index in [0.717, 1.165) is 31.5 Å². The van der Waals surface area contributed by atoms with Crippen LogP contribution in [0.4, 0.5) is 8.78 Å². The van der Waals surface area contributed by atoms with Crippen molar-refractivity contribution in [1.29, 1.82) is 0 Å². The minimum absolute atomic E-state index is 0.0950. The Morgan fingerprint density at radius 3 is 2.81 bits per heavy atom. The van der Waals surface area contributed by atoms with E-state index in [1.165, 1.54) is 12.1 Å². The number of ether oxygens (including phenoxy) is 1. The van der Waals surface area contributed by atoms with Crippen molar-refractivity contribution in [3.63, 3.8) is 0 Å². The standard InChI is InChI=1S/C18H22F2N4O2/c1-23(12-13-4-6-15(7-5-13)26-18(19)20)17(25)16-8-10-24(22-16)14-3-2-9-21-11-14/h4-8,10,14,18,21H,2-3,9,11-12H2,1H3. The third-order valence-electron chi connectivity index (χ3n) is 4.39. The molecule has 0 spiro atoms. The van der Waals surface area contributed by atoms with Crippen molar-refractivity contribution in [2.24, 2.45) is 0 Å². The molecule has 0 saturated carbocycles. The summed E-state index contributed by atoms with van der Waals surface area (Å²) in [6.45, 7) is -0.614. The number of benzene rings is 1. The molecular weight excluding hydrogens is 342 g/mol. The summed E-state index contributed by atoms with van der Waals surface area (Å²) >= 11 is 0. The number of piperidine rings is 1. The molecule has 1 amide bonds. The van der Waals surface area contributed by atoms with Gasteiger partial charge in [-0.25, -0.2) is 0 Å². The van der Waals surface area contributed by atoms with Crippen LogP contribution in [0.15, 0.2) is 36.5 Å². The van der Waals surface area contributed by atoms with E-state index < -0.39 is 6.61 Å². The molecule has 1 aliphatic rings. The van der Waals surface area contributed by atoms with Gasteiger partial charge in [0.1, 0.15) is 11.4 Å². The Labute approximate surface area is 150 Å². The minimum atomic E-state index is -2.85. The Hall–Kier alpha value is -2.48. The summed E-state index contributed by atoms with van der Waals surface area (Å²) in [6, 6.07) is 8.25. The number of carbonyl (C=O) groups excluding carboxylic acids is 1. The van der Waals surface area contributed by atoms with E-state index in [2.05, 4.69) is 15.2 Å². The highest BCUT2D eigenvalue weighted by atomic mass is 19.3. The Morgan fingerprint density at radius 2 is 2.15 bits per heavy atom. The van der Waals surface area contributed by atoms with Gasteiger partial charge in [-0.1, -0.05) is 12.1 Å². The van der Waals surface area contributed by atoms with Gasteiger partial charge in [0.2, 0.25) is 0 Å². The molecule has 1 unspecified atom stereocenters. The average Bonchev–Trinajstić information content (AvgIpc) is 3.13. The molecule has 2 aromatic rings. The van der Waals surface area contributed by atoms with E-state index in [-0.39, 0.29) is 17.7 Å². The zero-order valence-electron chi connectivity index (χ0n) is 14.6. The van der Waals surface area contributed by atoms with Crippen molar-refractivity contribution in [2.75, 3.05) is 20.1 Å². The van der Waals surface area contributed by atoms with Crippen LogP contribution in [0.25, 0.3) is 0 Å². The van der Waals surface area contributed by atoms with E-state index in [9.17, 15) is 13.6 Å². The van der Waals surface area contributed by atoms with E-state index in [1.54, 1.807) is 30.1 Å². The molecular formula is C18H22F2N4O2. The third kappa shape index (κ3) is 4.57. The molecule has 1 fully saturated rings. The molecule has 8 heteroatoms. The fourth-order valence-electron chi connectivity index (χ4n) is 3.03. The number of carbonyl (C=O) groups is 1. The van der Waals surface area contributed by atoms with Crippen LogP contribution in [0, 0.1) is 0 Å². The molecule has 1 aromatic heterocycles. The Balaban J connectivity index is 1.60. The molecule has 0 radical (unpaired) electrons. The van der Waals surface area contributed by atoms with E-state index in [4.69, 9.17) is 0 Å². The van der Waals surface area contributed by atoms with Gasteiger partial charge in [-0.3, -0.25) is 9.48 Å². The number of alkyl halides is 2. The first-order valence-corrected chi connectivity index (χ1v) is 8.58. The molecule has 3 rings (SSSR count). The average molecular weight is 364 g/mol. The quantitative estimate of drug-likeness (QED) is 0.856. The number of nitrogens with one attached hydrogen (secondary N) is 1. The lowest BCUT2D eigenvalue weighted by Gasteiger charge is -2.23. The second-order valence-corrected chi connectivity index (χ2v) is 6.36. The predicted molar refractivity (Wildman–Crippen MR) is 92.2 cm³/mol. The highest BCUT2D eigenvalue weighted by Crippen LogP contribution is 2.18. The maximum Gasteiger partial charge on any atom is 0.387 e. The van der Waals surface area contributed by atoms with Crippen molar-refractivity contribution in [1.82, 2.24) is 20.0 Å². The fraction of sp³-hybridized carbons (Fsp3) is 0.444. The molecule has 0 aliphatic carbocycles. The number of aromatic nitrogens is 2. The smallest absolute Gasteiger partial charge is 0.387 e. The number of amides is 1. The lowest BCUT2D eigenvalue weighted by Crippen LogP contribution is -2.32. The lowest BCUT2D eigenvalue weighted by atomic mass is 10.1. The fourth-order valence-corrected chi connectivity index (χ4v) is 3.03. The summed E-state index contributed by atoms with van der Waals surface area (Å²) in [5, 5.41) is 7.76. The van der Waals surface area contributed by atoms with Gasteiger partial charge >= 0.3 is 6.61 Å². The molecule has 1 N–H and O–H groups in total. The van der Waals surface area contributed by atoms with E-state index in [1.807, 2.05) is 10.9 Å². The summed E-state index contributed by atoms with van der Waals surface area (Å²) in [5.41, 5.74) is 1.22. The van der Waals surface area contributed by atoms with Crippen molar-refractivity contribution >= 4 is 5.91 Å². The molecule has 1 atom stereocenters. The van der Waals surface area contributed by atoms with Crippen LogP contribution >= 0.6 is 0 Å². The van der Waals surface area contributed by atoms with Gasteiger partial charge in [0.25, 0.3) is 5.91 Å². The second-order valence-electron chi connectivity index (χ2n) is 6.36. The predicted octanol–water partition coefficient (Wildman–Crippen LogP) is 2.68. The van der Waals surface area contributed by atoms with Crippen molar-refractivity contribution in [3.8, 4) is 5.75 Å². The normalized spacial score (nSPS) is 17.3. The first-order valence-electron chi connectivity index (χ1n) is 8.58. The van der Waals surface area contributed by atoms with Crippen LogP contribution in [0.3, 0.4) is 0 Å². The molecule has 140 valence electrons. The maximum absolute atomic E-state index is 12.6. The SMILES string of the molecule is CN(Cc1ccc(OC(F)F)cc1)C(=O)c1ccn(C2CCCNC2)n1. The zero-order chi connectivity index (χ0) is 18.5. The van der Waals surface area contributed by atoms with Crippen molar-refractivity contribution < 1.29 is 18.3 Å². The number of rotatable bonds is 6. The molecule has 2 heterocycles. The van der Waals surface area contributed by atoms with Gasteiger partial charge in [-0.2, -0.15) is 13.9 Å². The summed E-state index contributed by atoms with van der Waals surface area (Å²) in [5.74, 6) is -0.0852. The minimum Gasteiger partial charge on any atom is -0.435 e. The number of nitrogens with zero attached hydrogens (tertiary/aromatic N) is 3. The topological polar surface area (TPSA) is 59.4 Å². The molecule has 26 heavy (non-hydrogen) atoms. The number of hydrogen-bond donors (Lipinski definition) is 1. The Kier molecular flexibility index (Phi) is 5.82. The van der Waals surface area contributed by atoms with Crippen molar-refractivity contribution in [3.05, 3.63) is 47.8 Å². The van der Waals surface area contributed by atoms with Gasteiger partial charge in [-0.05, 0) is 43.1 Å². The Bertz CT molecular complexity index is 727. The van der Waals surface area contributed by atoms with Crippen LogP contribution in [0.1, 0.15) is 34.9 Å². The first-order chi connectivity index (χ1) is 12.5. The van der Waals surface area contributed by atoms with E-state index >= 15 is 0 Å². The summed E-state index contributed by atoms with van der Waals surface area (Å²) < 4.78 is 30.5. The molecule has 0 bridgehead atoms. The highest BCUT2D eigenvalue weighted by Gasteiger charge is 2.19. The third-order valence-corrected chi connectivity index (χ3v) is 4.39. The van der Waals surface area contributed by atoms with Crippen LogP contribution in [0.2, 0.25) is 0 Å². The first kappa shape index (κ1) is 18.3. The molecule has 6 nitrogen and oxygen atoms in total. The van der Waals surface area contributed by atoms with Crippen LogP contribution in [-0.4, -0.2) is 47.3 Å². The van der Waals surface area contributed by atoms with Gasteiger partial charge < -0.3 is 15.0 Å². The Morgan fingerprint density at radius 1 is 1.38 bits per heavy atom. The van der Waals surface area contributed by atoms with Crippen LogP contribution < -0.4 is 10.1 Å². The van der Waals surface area contributed by atoms with Crippen LogP contribution in [-0.2, 0) is 6.54 Å². The monoisotopic (exact) mass is 364 g/mol. The summed E-state index contributed by atoms with van der Waals surface area (Å²) in [6.07, 6.45) is 3.99. The van der Waals surface area contributed by atoms with Gasteiger partial charge in [0.15, 0.2) is 0 Å². The number of halogens is 2. The maximum atomic E-state index is 12.6.